The van der Waals surface area contributed by atoms with E-state index < -0.39 is 0 Å². The van der Waals surface area contributed by atoms with Crippen molar-refractivity contribution in [3.63, 3.8) is 0 Å². The molecular formula is C21H21Cl2N3O3. The molecule has 1 atom stereocenters. The molecule has 0 radical (unpaired) electrons. The highest BCUT2D eigenvalue weighted by molar-refractivity contribution is 6.35. The molecule has 3 heterocycles. The highest BCUT2D eigenvalue weighted by Crippen LogP contribution is 2.35. The lowest BCUT2D eigenvalue weighted by atomic mass is 10.0. The molecule has 2 aliphatic heterocycles. The van der Waals surface area contributed by atoms with E-state index in [1.807, 2.05) is 11.8 Å². The second-order valence-corrected chi connectivity index (χ2v) is 8.28. The summed E-state index contributed by atoms with van der Waals surface area (Å²) in [6, 6.07) is 7.20. The third-order valence-electron chi connectivity index (χ3n) is 5.35. The minimum absolute atomic E-state index is 0.0329. The van der Waals surface area contributed by atoms with Crippen molar-refractivity contribution < 1.29 is 14.3 Å². The standard InChI is InChI=1S/C21H21Cl2N3O3/c1-13-4-2-3-5-25(13)19(27)11-26-20(28)12-29-18-8-15(10-24-21(18)26)14-6-16(22)9-17(23)7-14/h6-10,13H,2-5,11-12H2,1H3. The van der Waals surface area contributed by atoms with Crippen LogP contribution in [0.15, 0.2) is 30.5 Å². The number of carbonyl (C=O) groups excluding carboxylic acids is 2. The molecule has 152 valence electrons. The lowest BCUT2D eigenvalue weighted by molar-refractivity contribution is -0.134. The Morgan fingerprint density at radius 2 is 1.93 bits per heavy atom. The monoisotopic (exact) mass is 433 g/mol. The van der Waals surface area contributed by atoms with E-state index in [1.165, 1.54) is 4.90 Å². The number of hydrogen-bond donors (Lipinski definition) is 0. The molecule has 6 nitrogen and oxygen atoms in total. The van der Waals surface area contributed by atoms with Gasteiger partial charge in [0.05, 0.1) is 0 Å². The van der Waals surface area contributed by atoms with E-state index in [0.29, 0.717) is 21.6 Å². The van der Waals surface area contributed by atoms with Crippen LogP contribution in [0.2, 0.25) is 10.0 Å². The molecule has 1 unspecified atom stereocenters. The van der Waals surface area contributed by atoms with Crippen molar-refractivity contribution in [2.45, 2.75) is 32.2 Å². The van der Waals surface area contributed by atoms with Gasteiger partial charge < -0.3 is 9.64 Å². The maximum Gasteiger partial charge on any atom is 0.266 e. The summed E-state index contributed by atoms with van der Waals surface area (Å²) in [4.78, 5) is 33.0. The Morgan fingerprint density at radius 1 is 1.17 bits per heavy atom. The van der Waals surface area contributed by atoms with Crippen LogP contribution in [0, 0.1) is 0 Å². The fourth-order valence-electron chi connectivity index (χ4n) is 3.82. The molecule has 0 aliphatic carbocycles. The molecule has 0 saturated carbocycles. The topological polar surface area (TPSA) is 62.7 Å². The van der Waals surface area contributed by atoms with Crippen molar-refractivity contribution in [2.24, 2.45) is 0 Å². The molecular weight excluding hydrogens is 413 g/mol. The number of likely N-dealkylation sites (tertiary alicyclic amines) is 1. The number of nitrogens with zero attached hydrogens (tertiary/aromatic N) is 3. The molecule has 1 saturated heterocycles. The first-order valence-corrected chi connectivity index (χ1v) is 10.4. The van der Waals surface area contributed by atoms with Crippen LogP contribution < -0.4 is 9.64 Å². The SMILES string of the molecule is CC1CCCCN1C(=O)CN1C(=O)COc2cc(-c3cc(Cl)cc(Cl)c3)cnc21. The largest absolute Gasteiger partial charge is 0.480 e. The van der Waals surface area contributed by atoms with Crippen molar-refractivity contribution in [1.29, 1.82) is 0 Å². The second-order valence-electron chi connectivity index (χ2n) is 7.40. The summed E-state index contributed by atoms with van der Waals surface area (Å²) in [7, 11) is 0. The van der Waals surface area contributed by atoms with Crippen molar-refractivity contribution in [2.75, 3.05) is 24.6 Å². The Balaban J connectivity index is 1.60. The van der Waals surface area contributed by atoms with Gasteiger partial charge >= 0.3 is 0 Å². The van der Waals surface area contributed by atoms with Gasteiger partial charge in [-0.15, -0.1) is 0 Å². The van der Waals surface area contributed by atoms with E-state index in [0.717, 1.165) is 36.9 Å². The van der Waals surface area contributed by atoms with Gasteiger partial charge in [-0.1, -0.05) is 23.2 Å². The normalized spacial score (nSPS) is 19.0. The van der Waals surface area contributed by atoms with Crippen LogP contribution in [-0.4, -0.2) is 47.4 Å². The van der Waals surface area contributed by atoms with Gasteiger partial charge in [-0.3, -0.25) is 14.5 Å². The van der Waals surface area contributed by atoms with Gasteiger partial charge in [-0.05, 0) is 56.0 Å². The summed E-state index contributed by atoms with van der Waals surface area (Å²) < 4.78 is 5.59. The number of carbonyl (C=O) groups is 2. The number of benzene rings is 1. The molecule has 8 heteroatoms. The Morgan fingerprint density at radius 3 is 2.66 bits per heavy atom. The lowest BCUT2D eigenvalue weighted by Crippen LogP contribution is -2.50. The number of pyridine rings is 1. The van der Waals surface area contributed by atoms with Crippen molar-refractivity contribution in [3.05, 3.63) is 40.5 Å². The maximum absolute atomic E-state index is 12.8. The predicted molar refractivity (Wildman–Crippen MR) is 113 cm³/mol. The number of piperidine rings is 1. The second kappa shape index (κ2) is 8.20. The van der Waals surface area contributed by atoms with Gasteiger partial charge in [0.2, 0.25) is 5.91 Å². The first kappa shape index (κ1) is 20.0. The van der Waals surface area contributed by atoms with Crippen LogP contribution in [0.25, 0.3) is 11.1 Å². The zero-order valence-corrected chi connectivity index (χ0v) is 17.5. The Hall–Kier alpha value is -2.31. The first-order chi connectivity index (χ1) is 13.9. The smallest absolute Gasteiger partial charge is 0.266 e. The number of anilines is 1. The van der Waals surface area contributed by atoms with Crippen molar-refractivity contribution in [3.8, 4) is 16.9 Å². The molecule has 2 amide bonds. The van der Waals surface area contributed by atoms with Gasteiger partial charge in [0, 0.05) is 34.4 Å². The highest BCUT2D eigenvalue weighted by Gasteiger charge is 2.32. The van der Waals surface area contributed by atoms with Gasteiger partial charge in [0.15, 0.2) is 18.2 Å². The van der Waals surface area contributed by atoms with Gasteiger partial charge in [0.1, 0.15) is 6.54 Å². The number of halogens is 2. The highest BCUT2D eigenvalue weighted by atomic mass is 35.5. The van der Waals surface area contributed by atoms with Crippen LogP contribution in [0.3, 0.4) is 0 Å². The molecule has 29 heavy (non-hydrogen) atoms. The zero-order chi connectivity index (χ0) is 20.5. The minimum atomic E-state index is -0.276. The van der Waals surface area contributed by atoms with E-state index >= 15 is 0 Å². The average Bonchev–Trinajstić information content (AvgIpc) is 2.69. The minimum Gasteiger partial charge on any atom is -0.480 e. The summed E-state index contributed by atoms with van der Waals surface area (Å²) in [5, 5.41) is 1.04. The molecule has 1 fully saturated rings. The van der Waals surface area contributed by atoms with Crippen molar-refractivity contribution in [1.82, 2.24) is 9.88 Å². The molecule has 1 aromatic heterocycles. The number of fused-ring (bicyclic) bond motifs is 1. The molecule has 1 aromatic carbocycles. The number of aromatic nitrogens is 1. The average molecular weight is 434 g/mol. The Bertz CT molecular complexity index is 946. The molecule has 2 aliphatic rings. The third-order valence-corrected chi connectivity index (χ3v) is 5.79. The molecule has 2 aromatic rings. The molecule has 0 spiro atoms. The van der Waals surface area contributed by atoms with Crippen LogP contribution in [-0.2, 0) is 9.59 Å². The zero-order valence-electron chi connectivity index (χ0n) is 16.0. The van der Waals surface area contributed by atoms with Crippen LogP contribution in [0.5, 0.6) is 5.75 Å². The van der Waals surface area contributed by atoms with Crippen LogP contribution in [0.4, 0.5) is 5.82 Å². The number of ether oxygens (including phenoxy) is 1. The van der Waals surface area contributed by atoms with E-state index in [-0.39, 0.29) is 31.0 Å². The lowest BCUT2D eigenvalue weighted by Gasteiger charge is -2.36. The molecule has 0 N–H and O–H groups in total. The summed E-state index contributed by atoms with van der Waals surface area (Å²) in [5.74, 6) is 0.473. The Kier molecular flexibility index (Phi) is 5.65. The number of rotatable bonds is 3. The van der Waals surface area contributed by atoms with Gasteiger partial charge in [-0.2, -0.15) is 0 Å². The van der Waals surface area contributed by atoms with Crippen molar-refractivity contribution >= 4 is 40.8 Å². The summed E-state index contributed by atoms with van der Waals surface area (Å²) in [6.07, 6.45) is 4.74. The van der Waals surface area contributed by atoms with E-state index in [9.17, 15) is 9.59 Å². The third kappa shape index (κ3) is 4.19. The predicted octanol–water partition coefficient (Wildman–Crippen LogP) is 4.18. The summed E-state index contributed by atoms with van der Waals surface area (Å²) in [6.45, 7) is 2.62. The maximum atomic E-state index is 12.8. The summed E-state index contributed by atoms with van der Waals surface area (Å²) >= 11 is 12.2. The van der Waals surface area contributed by atoms with E-state index in [2.05, 4.69) is 4.98 Å². The molecule has 0 bridgehead atoms. The van der Waals surface area contributed by atoms with Gasteiger partial charge in [0.25, 0.3) is 5.91 Å². The van der Waals surface area contributed by atoms with E-state index in [4.69, 9.17) is 27.9 Å². The quantitative estimate of drug-likeness (QED) is 0.727. The summed E-state index contributed by atoms with van der Waals surface area (Å²) in [5.41, 5.74) is 1.56. The Labute approximate surface area is 179 Å². The van der Waals surface area contributed by atoms with E-state index in [1.54, 1.807) is 30.5 Å². The first-order valence-electron chi connectivity index (χ1n) is 9.61. The van der Waals surface area contributed by atoms with Crippen LogP contribution in [0.1, 0.15) is 26.2 Å². The fourth-order valence-corrected chi connectivity index (χ4v) is 4.34. The molecule has 4 rings (SSSR count). The number of hydrogen-bond acceptors (Lipinski definition) is 4. The number of amides is 2. The van der Waals surface area contributed by atoms with Crippen LogP contribution >= 0.6 is 23.2 Å². The van der Waals surface area contributed by atoms with Gasteiger partial charge in [-0.25, -0.2) is 4.98 Å². The fraction of sp³-hybridized carbons (Fsp3) is 0.381.